The monoisotopic (exact) mass is 493 g/mol. The molecule has 4 aliphatic rings. The van der Waals surface area contributed by atoms with Gasteiger partial charge in [-0.05, 0) is 74.0 Å². The second-order valence-corrected chi connectivity index (χ2v) is 12.0. The molecule has 0 saturated heterocycles. The van der Waals surface area contributed by atoms with E-state index in [1.165, 1.54) is 6.42 Å². The van der Waals surface area contributed by atoms with E-state index in [0.717, 1.165) is 51.4 Å². The smallest absolute Gasteiger partial charge is 0.327 e. The van der Waals surface area contributed by atoms with Gasteiger partial charge in [0.25, 0.3) is 0 Å². The molecule has 8 atom stereocenters. The van der Waals surface area contributed by atoms with Crippen LogP contribution in [0.2, 0.25) is 0 Å². The zero-order valence-corrected chi connectivity index (χ0v) is 21.3. The predicted molar refractivity (Wildman–Crippen MR) is 129 cm³/mol. The summed E-state index contributed by atoms with van der Waals surface area (Å²) in [4.78, 5) is 47.8. The SMILES string of the molecule is C[C@]12CCC(=O)C[C@@H]1CC[C@@H]1[C@@H]2CC[C@]2(C)[C@H](OC(=O)CCC(=O)N[C@H](CS)C(=O)O)CC[C@@H]12. The normalized spacial score (nSPS) is 39.9. The second kappa shape index (κ2) is 9.82. The number of carbonyl (C=O) groups excluding carboxylic acids is 3. The fourth-order valence-corrected chi connectivity index (χ4v) is 8.32. The molecular weight excluding hydrogens is 454 g/mol. The number of carboxylic acid groups (broad SMARTS) is 1. The summed E-state index contributed by atoms with van der Waals surface area (Å²) in [6.07, 6.45) is 8.66. The molecule has 0 aromatic heterocycles. The fourth-order valence-electron chi connectivity index (χ4n) is 8.08. The summed E-state index contributed by atoms with van der Waals surface area (Å²) < 4.78 is 5.94. The van der Waals surface area contributed by atoms with Crippen LogP contribution < -0.4 is 5.32 Å². The van der Waals surface area contributed by atoms with Gasteiger partial charge in [0.2, 0.25) is 5.91 Å². The molecule has 4 aliphatic carbocycles. The lowest BCUT2D eigenvalue weighted by Crippen LogP contribution is -2.54. The van der Waals surface area contributed by atoms with Gasteiger partial charge in [-0.2, -0.15) is 12.6 Å². The highest BCUT2D eigenvalue weighted by atomic mass is 32.1. The van der Waals surface area contributed by atoms with Crippen LogP contribution in [-0.2, 0) is 23.9 Å². The van der Waals surface area contributed by atoms with E-state index in [0.29, 0.717) is 29.5 Å². The number of ether oxygens (including phenoxy) is 1. The van der Waals surface area contributed by atoms with Crippen molar-refractivity contribution in [2.45, 2.75) is 96.6 Å². The third-order valence-corrected chi connectivity index (χ3v) is 10.4. The highest BCUT2D eigenvalue weighted by molar-refractivity contribution is 7.80. The number of nitrogens with one attached hydrogen (secondary N) is 1. The Hall–Kier alpha value is -1.57. The standard InChI is InChI=1S/C26H39NO6S/c1-25-11-9-16(28)13-15(25)3-4-17-18-5-6-21(26(18,2)12-10-19(17)25)33-23(30)8-7-22(29)27-20(14-34)24(31)32/h15,17-21,34H,3-14H2,1-2H3,(H,27,29)(H,31,32)/t15-,17-,18-,19-,20+,21+,25-,26-/m0/s1. The third-order valence-electron chi connectivity index (χ3n) is 10.0. The van der Waals surface area contributed by atoms with E-state index >= 15 is 0 Å². The highest BCUT2D eigenvalue weighted by Crippen LogP contribution is 2.66. The molecule has 4 saturated carbocycles. The van der Waals surface area contributed by atoms with Crippen LogP contribution >= 0.6 is 12.6 Å². The van der Waals surface area contributed by atoms with Gasteiger partial charge in [-0.3, -0.25) is 14.4 Å². The number of hydrogen-bond donors (Lipinski definition) is 3. The molecule has 0 radical (unpaired) electrons. The van der Waals surface area contributed by atoms with Gasteiger partial charge in [0.15, 0.2) is 0 Å². The Balaban J connectivity index is 1.34. The molecule has 1 amide bonds. The number of aliphatic carboxylic acids is 1. The van der Waals surface area contributed by atoms with Gasteiger partial charge < -0.3 is 15.2 Å². The van der Waals surface area contributed by atoms with Crippen molar-refractivity contribution in [3.8, 4) is 0 Å². The molecule has 190 valence electrons. The van der Waals surface area contributed by atoms with Crippen LogP contribution in [0.1, 0.15) is 84.5 Å². The van der Waals surface area contributed by atoms with Crippen LogP contribution in [0.5, 0.6) is 0 Å². The summed E-state index contributed by atoms with van der Waals surface area (Å²) in [6, 6.07) is -1.06. The largest absolute Gasteiger partial charge is 0.480 e. The molecule has 0 heterocycles. The number of carboxylic acids is 1. The van der Waals surface area contributed by atoms with E-state index < -0.39 is 17.9 Å². The Bertz CT molecular complexity index is 847. The lowest BCUT2D eigenvalue weighted by Gasteiger charge is -2.60. The number of esters is 1. The van der Waals surface area contributed by atoms with Gasteiger partial charge >= 0.3 is 11.9 Å². The van der Waals surface area contributed by atoms with Crippen LogP contribution in [0.4, 0.5) is 0 Å². The lowest BCUT2D eigenvalue weighted by molar-refractivity contribution is -0.164. The molecule has 0 bridgehead atoms. The van der Waals surface area contributed by atoms with Crippen molar-refractivity contribution < 1.29 is 29.0 Å². The van der Waals surface area contributed by atoms with Crippen LogP contribution in [0.3, 0.4) is 0 Å². The number of carbonyl (C=O) groups is 4. The number of Topliss-reactive ketones (excluding diaryl/α,β-unsaturated/α-hetero) is 1. The number of rotatable bonds is 7. The van der Waals surface area contributed by atoms with E-state index in [9.17, 15) is 19.2 Å². The first-order valence-electron chi connectivity index (χ1n) is 12.9. The summed E-state index contributed by atoms with van der Waals surface area (Å²) in [5.41, 5.74) is 0.230. The molecule has 2 N–H and O–H groups in total. The maximum absolute atomic E-state index is 12.6. The average molecular weight is 494 g/mol. The van der Waals surface area contributed by atoms with E-state index in [2.05, 4.69) is 31.8 Å². The Morgan fingerprint density at radius 2 is 1.79 bits per heavy atom. The zero-order valence-electron chi connectivity index (χ0n) is 20.4. The highest BCUT2D eigenvalue weighted by Gasteiger charge is 2.61. The van der Waals surface area contributed by atoms with Crippen LogP contribution in [0.15, 0.2) is 0 Å². The van der Waals surface area contributed by atoms with E-state index in [4.69, 9.17) is 9.84 Å². The van der Waals surface area contributed by atoms with E-state index in [-0.39, 0.29) is 41.5 Å². The molecule has 0 unspecified atom stereocenters. The summed E-state index contributed by atoms with van der Waals surface area (Å²) in [5, 5.41) is 11.4. The molecule has 4 rings (SSSR count). The molecule has 8 heteroatoms. The maximum Gasteiger partial charge on any atom is 0.327 e. The van der Waals surface area contributed by atoms with Crippen molar-refractivity contribution in [1.82, 2.24) is 5.32 Å². The lowest BCUT2D eigenvalue weighted by atomic mass is 9.45. The van der Waals surface area contributed by atoms with E-state index in [1.807, 2.05) is 0 Å². The first-order valence-corrected chi connectivity index (χ1v) is 13.6. The molecular formula is C26H39NO6S. The average Bonchev–Trinajstić information content (AvgIpc) is 3.12. The summed E-state index contributed by atoms with van der Waals surface area (Å²) >= 11 is 3.93. The molecule has 0 spiro atoms. The van der Waals surface area contributed by atoms with Gasteiger partial charge in [0.05, 0.1) is 6.42 Å². The third kappa shape index (κ3) is 4.63. The molecule has 0 aliphatic heterocycles. The van der Waals surface area contributed by atoms with Crippen LogP contribution in [0.25, 0.3) is 0 Å². The van der Waals surface area contributed by atoms with Crippen molar-refractivity contribution in [3.63, 3.8) is 0 Å². The molecule has 34 heavy (non-hydrogen) atoms. The Labute approximate surface area is 207 Å². The minimum atomic E-state index is -1.14. The van der Waals surface area contributed by atoms with Gasteiger partial charge in [-0.1, -0.05) is 13.8 Å². The number of thiol groups is 1. The number of hydrogen-bond acceptors (Lipinski definition) is 6. The van der Waals surface area contributed by atoms with Gasteiger partial charge in [-0.25, -0.2) is 4.79 Å². The van der Waals surface area contributed by atoms with Gasteiger partial charge in [-0.15, -0.1) is 0 Å². The maximum atomic E-state index is 12.6. The van der Waals surface area contributed by atoms with Gasteiger partial charge in [0, 0.05) is 30.4 Å². The summed E-state index contributed by atoms with van der Waals surface area (Å²) in [7, 11) is 0. The summed E-state index contributed by atoms with van der Waals surface area (Å²) in [6.45, 7) is 4.72. The molecule has 0 aromatic rings. The van der Waals surface area contributed by atoms with Crippen molar-refractivity contribution in [1.29, 1.82) is 0 Å². The number of amides is 1. The first kappa shape index (κ1) is 25.5. The zero-order chi connectivity index (χ0) is 24.7. The predicted octanol–water partition coefficient (Wildman–Crippen LogP) is 3.79. The van der Waals surface area contributed by atoms with Crippen molar-refractivity contribution in [2.75, 3.05) is 5.75 Å². The minimum absolute atomic E-state index is 0.00834. The van der Waals surface area contributed by atoms with E-state index in [1.54, 1.807) is 0 Å². The van der Waals surface area contributed by atoms with Crippen LogP contribution in [-0.4, -0.2) is 46.6 Å². The van der Waals surface area contributed by atoms with Crippen LogP contribution in [0, 0.1) is 34.5 Å². The van der Waals surface area contributed by atoms with Crippen molar-refractivity contribution >= 4 is 36.3 Å². The molecule has 4 fully saturated rings. The molecule has 0 aromatic carbocycles. The first-order chi connectivity index (χ1) is 16.1. The number of fused-ring (bicyclic) bond motifs is 5. The van der Waals surface area contributed by atoms with Crippen molar-refractivity contribution in [2.24, 2.45) is 34.5 Å². The minimum Gasteiger partial charge on any atom is -0.480 e. The summed E-state index contributed by atoms with van der Waals surface area (Å²) in [5.74, 6) is 0.779. The Kier molecular flexibility index (Phi) is 7.37. The Morgan fingerprint density at radius 1 is 1.06 bits per heavy atom. The van der Waals surface area contributed by atoms with Gasteiger partial charge in [0.1, 0.15) is 17.9 Å². The van der Waals surface area contributed by atoms with Crippen molar-refractivity contribution in [3.05, 3.63) is 0 Å². The number of ketones is 1. The topological polar surface area (TPSA) is 110 Å². The fraction of sp³-hybridized carbons (Fsp3) is 0.846. The second-order valence-electron chi connectivity index (χ2n) is 11.6. The molecule has 7 nitrogen and oxygen atoms in total. The quantitative estimate of drug-likeness (QED) is 0.368. The Morgan fingerprint density at radius 3 is 2.50 bits per heavy atom.